The van der Waals surface area contributed by atoms with Gasteiger partial charge in [-0.15, -0.1) is 11.3 Å². The van der Waals surface area contributed by atoms with Crippen LogP contribution in [0.15, 0.2) is 24.3 Å². The number of hydrogen-bond acceptors (Lipinski definition) is 4. The highest BCUT2D eigenvalue weighted by molar-refractivity contribution is 7.16. The third kappa shape index (κ3) is 4.08. The number of nitrogens with zero attached hydrogens (tertiary/aromatic N) is 1. The van der Waals surface area contributed by atoms with E-state index in [4.69, 9.17) is 4.74 Å². The number of thiophene rings is 1. The maximum atomic E-state index is 12.6. The first kappa shape index (κ1) is 18.5. The van der Waals surface area contributed by atoms with Gasteiger partial charge >= 0.3 is 0 Å². The maximum absolute atomic E-state index is 12.6. The van der Waals surface area contributed by atoms with Crippen LogP contribution in [-0.2, 0) is 12.8 Å². The van der Waals surface area contributed by atoms with Gasteiger partial charge in [0.15, 0.2) is 0 Å². The zero-order chi connectivity index (χ0) is 18.5. The molecule has 1 N–H and O–H groups in total. The maximum Gasteiger partial charge on any atom is 0.256 e. The molecule has 4 nitrogen and oxygen atoms in total. The fourth-order valence-electron chi connectivity index (χ4n) is 3.18. The average molecular weight is 369 g/mol. The van der Waals surface area contributed by atoms with E-state index < -0.39 is 0 Å². The highest BCUT2D eigenvalue weighted by Crippen LogP contribution is 2.39. The molecular formula is C21H24N2O2S. The third-order valence-corrected chi connectivity index (χ3v) is 5.94. The Morgan fingerprint density at radius 2 is 2.15 bits per heavy atom. The number of aryl methyl sites for hydroxylation is 1. The van der Waals surface area contributed by atoms with E-state index in [9.17, 15) is 10.1 Å². The number of ether oxygens (including phenoxy) is 1. The second-order valence-electron chi connectivity index (χ2n) is 6.85. The van der Waals surface area contributed by atoms with Crippen LogP contribution in [0.1, 0.15) is 59.5 Å². The quantitative estimate of drug-likeness (QED) is 0.715. The van der Waals surface area contributed by atoms with Crippen molar-refractivity contribution in [3.63, 3.8) is 0 Å². The lowest BCUT2D eigenvalue weighted by molar-refractivity contribution is 0.102. The minimum atomic E-state index is -0.187. The third-order valence-electron chi connectivity index (χ3n) is 4.73. The molecule has 5 heteroatoms. The first-order valence-corrected chi connectivity index (χ1v) is 10.0. The molecule has 3 rings (SSSR count). The summed E-state index contributed by atoms with van der Waals surface area (Å²) in [5.41, 5.74) is 2.34. The summed E-state index contributed by atoms with van der Waals surface area (Å²) >= 11 is 1.55. The molecule has 1 atom stereocenters. The van der Waals surface area contributed by atoms with Crippen LogP contribution >= 0.6 is 11.3 Å². The van der Waals surface area contributed by atoms with Gasteiger partial charge in [-0.1, -0.05) is 20.3 Å². The van der Waals surface area contributed by atoms with E-state index in [1.165, 1.54) is 4.88 Å². The highest BCUT2D eigenvalue weighted by Gasteiger charge is 2.24. The number of nitriles is 1. The molecule has 1 amide bonds. The number of carbonyl (C=O) groups excluding carboxylic acids is 1. The number of nitrogens with one attached hydrogen (secondary N) is 1. The van der Waals surface area contributed by atoms with Crippen LogP contribution in [0.2, 0.25) is 0 Å². The second kappa shape index (κ2) is 8.37. The Morgan fingerprint density at radius 3 is 2.85 bits per heavy atom. The molecule has 136 valence electrons. The van der Waals surface area contributed by atoms with Crippen LogP contribution in [0.5, 0.6) is 5.75 Å². The van der Waals surface area contributed by atoms with Crippen LogP contribution in [0, 0.1) is 17.2 Å². The molecule has 0 fully saturated rings. The summed E-state index contributed by atoms with van der Waals surface area (Å²) in [5.74, 6) is 1.18. The van der Waals surface area contributed by atoms with Crippen LogP contribution in [0.3, 0.4) is 0 Å². The van der Waals surface area contributed by atoms with Crippen molar-refractivity contribution >= 4 is 22.2 Å². The van der Waals surface area contributed by atoms with E-state index in [1.807, 2.05) is 12.1 Å². The Morgan fingerprint density at radius 1 is 1.38 bits per heavy atom. The monoisotopic (exact) mass is 368 g/mol. The smallest absolute Gasteiger partial charge is 0.256 e. The van der Waals surface area contributed by atoms with E-state index in [0.717, 1.165) is 43.4 Å². The summed E-state index contributed by atoms with van der Waals surface area (Å²) in [6, 6.07) is 9.45. The first-order chi connectivity index (χ1) is 12.6. The lowest BCUT2D eigenvalue weighted by Crippen LogP contribution is -2.12. The number of carbonyl (C=O) groups is 1. The first-order valence-electron chi connectivity index (χ1n) is 9.21. The fraction of sp³-hybridized carbons (Fsp3) is 0.429. The number of amides is 1. The molecule has 0 saturated heterocycles. The summed E-state index contributed by atoms with van der Waals surface area (Å²) < 4.78 is 5.63. The topological polar surface area (TPSA) is 62.1 Å². The van der Waals surface area contributed by atoms with Crippen molar-refractivity contribution in [2.75, 3.05) is 11.9 Å². The van der Waals surface area contributed by atoms with Gasteiger partial charge in [0.1, 0.15) is 16.8 Å². The summed E-state index contributed by atoms with van der Waals surface area (Å²) in [4.78, 5) is 13.8. The van der Waals surface area contributed by atoms with Gasteiger partial charge in [-0.2, -0.15) is 5.26 Å². The van der Waals surface area contributed by atoms with Crippen molar-refractivity contribution < 1.29 is 9.53 Å². The summed E-state index contributed by atoms with van der Waals surface area (Å²) in [5, 5.41) is 13.2. The zero-order valence-electron chi connectivity index (χ0n) is 15.3. The molecule has 1 aromatic carbocycles. The normalized spacial score (nSPS) is 15.8. The van der Waals surface area contributed by atoms with Crippen molar-refractivity contribution in [2.45, 2.75) is 46.0 Å². The number of hydrogen-bond donors (Lipinski definition) is 1. The lowest BCUT2D eigenvalue weighted by Gasteiger charge is -2.17. The van der Waals surface area contributed by atoms with Crippen molar-refractivity contribution in [1.29, 1.82) is 5.26 Å². The lowest BCUT2D eigenvalue weighted by atomic mass is 9.88. The molecule has 0 bridgehead atoms. The second-order valence-corrected chi connectivity index (χ2v) is 7.95. The minimum absolute atomic E-state index is 0.187. The van der Waals surface area contributed by atoms with E-state index in [1.54, 1.807) is 23.5 Å². The Hall–Kier alpha value is -2.32. The number of anilines is 1. The predicted octanol–water partition coefficient (Wildman–Crippen LogP) is 5.18. The van der Waals surface area contributed by atoms with Gasteiger partial charge in [-0.05, 0) is 61.4 Å². The van der Waals surface area contributed by atoms with E-state index in [2.05, 4.69) is 25.2 Å². The van der Waals surface area contributed by atoms with E-state index in [-0.39, 0.29) is 5.91 Å². The summed E-state index contributed by atoms with van der Waals surface area (Å²) in [6.45, 7) is 5.02. The van der Waals surface area contributed by atoms with Crippen LogP contribution in [0.25, 0.3) is 0 Å². The van der Waals surface area contributed by atoms with Gasteiger partial charge in [0.05, 0.1) is 12.2 Å². The van der Waals surface area contributed by atoms with Gasteiger partial charge in [0.25, 0.3) is 5.91 Å². The average Bonchev–Trinajstić information content (AvgIpc) is 2.98. The Bertz CT molecular complexity index is 818. The Labute approximate surface area is 158 Å². The number of benzene rings is 1. The standard InChI is InChI=1S/C21H24N2O2S/c1-3-4-11-25-16-8-6-15(7-9-16)20(24)23-21-18(13-22)17-12-14(2)5-10-19(17)26-21/h6-9,14H,3-5,10-12H2,1-2H3,(H,23,24). The van der Waals surface area contributed by atoms with Gasteiger partial charge in [-0.3, -0.25) is 4.79 Å². The molecule has 1 aromatic heterocycles. The molecule has 26 heavy (non-hydrogen) atoms. The fourth-order valence-corrected chi connectivity index (χ4v) is 4.37. The number of rotatable bonds is 6. The van der Waals surface area contributed by atoms with Crippen LogP contribution in [-0.4, -0.2) is 12.5 Å². The van der Waals surface area contributed by atoms with E-state index >= 15 is 0 Å². The van der Waals surface area contributed by atoms with Gasteiger partial charge in [0.2, 0.25) is 0 Å². The molecular weight excluding hydrogens is 344 g/mol. The highest BCUT2D eigenvalue weighted by atomic mass is 32.1. The molecule has 0 saturated carbocycles. The minimum Gasteiger partial charge on any atom is -0.494 e. The SMILES string of the molecule is CCCCOc1ccc(C(=O)Nc2sc3c(c2C#N)CC(C)CC3)cc1. The number of fused-ring (bicyclic) bond motifs is 1. The molecule has 0 radical (unpaired) electrons. The molecule has 1 aliphatic carbocycles. The zero-order valence-corrected chi connectivity index (χ0v) is 16.1. The molecule has 1 heterocycles. The summed E-state index contributed by atoms with van der Waals surface area (Å²) in [7, 11) is 0. The van der Waals surface area contributed by atoms with Crippen LogP contribution < -0.4 is 10.1 Å². The van der Waals surface area contributed by atoms with Crippen molar-refractivity contribution in [3.8, 4) is 11.8 Å². The van der Waals surface area contributed by atoms with Gasteiger partial charge in [-0.25, -0.2) is 0 Å². The van der Waals surface area contributed by atoms with Crippen LogP contribution in [0.4, 0.5) is 5.00 Å². The van der Waals surface area contributed by atoms with Crippen molar-refractivity contribution in [2.24, 2.45) is 5.92 Å². The molecule has 1 aliphatic rings. The van der Waals surface area contributed by atoms with E-state index in [0.29, 0.717) is 28.7 Å². The van der Waals surface area contributed by atoms with Gasteiger partial charge in [0, 0.05) is 10.4 Å². The molecule has 0 aliphatic heterocycles. The molecule has 2 aromatic rings. The van der Waals surface area contributed by atoms with Crippen molar-refractivity contribution in [1.82, 2.24) is 0 Å². The number of unbranched alkanes of at least 4 members (excludes halogenated alkanes) is 1. The molecule has 0 spiro atoms. The Balaban J connectivity index is 1.71. The summed E-state index contributed by atoms with van der Waals surface area (Å²) in [6.07, 6.45) is 5.17. The Kier molecular flexibility index (Phi) is 5.95. The van der Waals surface area contributed by atoms with Gasteiger partial charge < -0.3 is 10.1 Å². The predicted molar refractivity (Wildman–Crippen MR) is 105 cm³/mol. The largest absolute Gasteiger partial charge is 0.494 e. The molecule has 1 unspecified atom stereocenters. The van der Waals surface area contributed by atoms with Crippen molar-refractivity contribution in [3.05, 3.63) is 45.8 Å².